The Labute approximate surface area is 84.7 Å². The quantitative estimate of drug-likeness (QED) is 0.781. The maximum absolute atomic E-state index is 9.44. The van der Waals surface area contributed by atoms with Gasteiger partial charge in [0.2, 0.25) is 0 Å². The number of aromatic hydroxyl groups is 1. The Morgan fingerprint density at radius 3 is 2.86 bits per heavy atom. The van der Waals surface area contributed by atoms with Gasteiger partial charge in [0.25, 0.3) is 0 Å². The average molecular weight is 194 g/mol. The van der Waals surface area contributed by atoms with Crippen molar-refractivity contribution in [1.29, 1.82) is 0 Å². The number of ether oxygens (including phenoxy) is 1. The van der Waals surface area contributed by atoms with Crippen LogP contribution < -0.4 is 4.74 Å². The fourth-order valence-corrected chi connectivity index (χ4v) is 1.23. The van der Waals surface area contributed by atoms with E-state index < -0.39 is 0 Å². The van der Waals surface area contributed by atoms with Crippen molar-refractivity contribution in [2.75, 3.05) is 20.2 Å². The summed E-state index contributed by atoms with van der Waals surface area (Å²) < 4.78 is 5.28. The number of likely N-dealkylation sites (N-methyl/N-ethyl adjacent to an activating group) is 1. The van der Waals surface area contributed by atoms with Gasteiger partial charge in [0, 0.05) is 0 Å². The zero-order valence-electron chi connectivity index (χ0n) is 8.66. The van der Waals surface area contributed by atoms with Gasteiger partial charge in [-0.2, -0.15) is 7.05 Å². The first-order valence-corrected chi connectivity index (χ1v) is 4.78. The van der Waals surface area contributed by atoms with E-state index >= 15 is 0 Å². The second-order valence-electron chi connectivity index (χ2n) is 3.02. The molecule has 0 aliphatic heterocycles. The number of nitrogens with zero attached hydrogens (tertiary/aromatic N) is 1. The van der Waals surface area contributed by atoms with Crippen molar-refractivity contribution in [3.8, 4) is 11.5 Å². The third kappa shape index (κ3) is 2.92. The minimum absolute atomic E-state index is 0.198. The Morgan fingerprint density at radius 2 is 2.21 bits per heavy atom. The predicted octanol–water partition coefficient (Wildman–Crippen LogP) is 2.34. The first-order valence-electron chi connectivity index (χ1n) is 4.78. The number of benzene rings is 1. The highest BCUT2D eigenvalue weighted by molar-refractivity contribution is 5.41. The first kappa shape index (κ1) is 10.9. The standard InChI is InChI=1S/C11H16NO2/c1-3-14-11-8-9(6-7-12-2)4-5-10(11)13/h4-5,8,13H,3,6-7H2,1-2H3/q-1. The summed E-state index contributed by atoms with van der Waals surface area (Å²) in [4.78, 5) is 0. The van der Waals surface area contributed by atoms with Gasteiger partial charge in [0.05, 0.1) is 6.61 Å². The van der Waals surface area contributed by atoms with Gasteiger partial charge in [0.1, 0.15) is 0 Å². The van der Waals surface area contributed by atoms with E-state index in [4.69, 9.17) is 4.74 Å². The van der Waals surface area contributed by atoms with E-state index in [9.17, 15) is 5.11 Å². The van der Waals surface area contributed by atoms with Crippen LogP contribution in [0.5, 0.6) is 11.5 Å². The Hall–Kier alpha value is -1.22. The van der Waals surface area contributed by atoms with Crippen LogP contribution in [0.1, 0.15) is 12.5 Å². The predicted molar refractivity (Wildman–Crippen MR) is 57.1 cm³/mol. The lowest BCUT2D eigenvalue weighted by Gasteiger charge is -2.12. The molecule has 1 rings (SSSR count). The largest absolute Gasteiger partial charge is 0.665 e. The highest BCUT2D eigenvalue weighted by atomic mass is 16.5. The molecule has 78 valence electrons. The van der Waals surface area contributed by atoms with Crippen LogP contribution in [0, 0.1) is 0 Å². The van der Waals surface area contributed by atoms with Crippen LogP contribution >= 0.6 is 0 Å². The van der Waals surface area contributed by atoms with Crippen molar-refractivity contribution in [3.05, 3.63) is 29.1 Å². The minimum Gasteiger partial charge on any atom is -0.665 e. The molecule has 0 amide bonds. The van der Waals surface area contributed by atoms with Gasteiger partial charge in [-0.25, -0.2) is 0 Å². The molecule has 1 aromatic rings. The molecule has 0 aromatic heterocycles. The van der Waals surface area contributed by atoms with E-state index in [-0.39, 0.29) is 5.75 Å². The van der Waals surface area contributed by atoms with E-state index in [0.717, 1.165) is 18.5 Å². The van der Waals surface area contributed by atoms with Crippen LogP contribution in [0.3, 0.4) is 0 Å². The SMILES string of the molecule is CCOc1cc(CC[N-]C)ccc1O. The third-order valence-corrected chi connectivity index (χ3v) is 1.95. The lowest BCUT2D eigenvalue weighted by Crippen LogP contribution is -1.95. The monoisotopic (exact) mass is 194 g/mol. The minimum atomic E-state index is 0.198. The van der Waals surface area contributed by atoms with Crippen LogP contribution in [-0.2, 0) is 6.42 Å². The van der Waals surface area contributed by atoms with Crippen molar-refractivity contribution >= 4 is 0 Å². The van der Waals surface area contributed by atoms with Gasteiger partial charge in [0.15, 0.2) is 11.5 Å². The summed E-state index contributed by atoms with van der Waals surface area (Å²) in [6.07, 6.45) is 0.886. The molecule has 0 saturated heterocycles. The molecule has 0 spiro atoms. The Balaban J connectivity index is 2.72. The molecular weight excluding hydrogens is 178 g/mol. The van der Waals surface area contributed by atoms with E-state index in [1.54, 1.807) is 13.1 Å². The summed E-state index contributed by atoms with van der Waals surface area (Å²) >= 11 is 0. The lowest BCUT2D eigenvalue weighted by molar-refractivity contribution is 0.318. The maximum Gasteiger partial charge on any atom is 0.161 e. The normalized spacial score (nSPS) is 10.1. The molecular formula is C11H16NO2-. The second-order valence-corrected chi connectivity index (χ2v) is 3.02. The highest BCUT2D eigenvalue weighted by Crippen LogP contribution is 2.26. The smallest absolute Gasteiger partial charge is 0.161 e. The van der Waals surface area contributed by atoms with E-state index in [1.165, 1.54) is 0 Å². The maximum atomic E-state index is 9.44. The van der Waals surface area contributed by atoms with Crippen LogP contribution in [0.25, 0.3) is 5.32 Å². The molecule has 3 heteroatoms. The molecule has 3 nitrogen and oxygen atoms in total. The van der Waals surface area contributed by atoms with Crippen molar-refractivity contribution in [1.82, 2.24) is 0 Å². The molecule has 1 N–H and O–H groups in total. The average Bonchev–Trinajstić information content (AvgIpc) is 2.19. The van der Waals surface area contributed by atoms with Gasteiger partial charge >= 0.3 is 0 Å². The van der Waals surface area contributed by atoms with Gasteiger partial charge in [-0.15, -0.1) is 6.54 Å². The molecule has 0 bridgehead atoms. The topological polar surface area (TPSA) is 43.6 Å². The molecule has 0 atom stereocenters. The molecule has 0 saturated carbocycles. The first-order chi connectivity index (χ1) is 6.77. The number of hydrogen-bond acceptors (Lipinski definition) is 2. The Morgan fingerprint density at radius 1 is 1.43 bits per heavy atom. The summed E-state index contributed by atoms with van der Waals surface area (Å²) in [6, 6.07) is 5.42. The zero-order valence-corrected chi connectivity index (χ0v) is 8.66. The van der Waals surface area contributed by atoms with Gasteiger partial charge < -0.3 is 15.2 Å². The summed E-state index contributed by atoms with van der Waals surface area (Å²) in [5, 5.41) is 13.5. The summed E-state index contributed by atoms with van der Waals surface area (Å²) in [7, 11) is 1.80. The number of rotatable bonds is 5. The zero-order chi connectivity index (χ0) is 10.4. The van der Waals surface area contributed by atoms with Crippen LogP contribution in [0.15, 0.2) is 18.2 Å². The van der Waals surface area contributed by atoms with Crippen molar-refractivity contribution in [2.45, 2.75) is 13.3 Å². The Bertz CT molecular complexity index is 287. The van der Waals surface area contributed by atoms with Gasteiger partial charge in [-0.3, -0.25) is 0 Å². The fraction of sp³-hybridized carbons (Fsp3) is 0.455. The molecule has 0 radical (unpaired) electrons. The third-order valence-electron chi connectivity index (χ3n) is 1.95. The number of phenolic OH excluding ortho intramolecular Hbond substituents is 1. The van der Waals surface area contributed by atoms with Gasteiger partial charge in [-0.05, 0) is 31.0 Å². The van der Waals surface area contributed by atoms with Gasteiger partial charge in [-0.1, -0.05) is 6.07 Å². The van der Waals surface area contributed by atoms with E-state index in [1.807, 2.05) is 19.1 Å². The molecule has 0 heterocycles. The lowest BCUT2D eigenvalue weighted by atomic mass is 10.1. The number of phenols is 1. The molecule has 1 aromatic carbocycles. The Kier molecular flexibility index (Phi) is 4.26. The second kappa shape index (κ2) is 5.50. The van der Waals surface area contributed by atoms with Crippen molar-refractivity contribution < 1.29 is 9.84 Å². The highest BCUT2D eigenvalue weighted by Gasteiger charge is 2.01. The molecule has 0 aliphatic rings. The fourth-order valence-electron chi connectivity index (χ4n) is 1.23. The van der Waals surface area contributed by atoms with Crippen molar-refractivity contribution in [2.24, 2.45) is 0 Å². The molecule has 14 heavy (non-hydrogen) atoms. The summed E-state index contributed by atoms with van der Waals surface area (Å²) in [5.41, 5.74) is 1.14. The molecule has 0 aliphatic carbocycles. The molecule has 0 unspecified atom stereocenters. The van der Waals surface area contributed by atoms with Crippen LogP contribution in [0.4, 0.5) is 0 Å². The summed E-state index contributed by atoms with van der Waals surface area (Å²) in [5.74, 6) is 0.755. The van der Waals surface area contributed by atoms with Crippen LogP contribution in [0.2, 0.25) is 0 Å². The van der Waals surface area contributed by atoms with E-state index in [0.29, 0.717) is 12.4 Å². The van der Waals surface area contributed by atoms with Crippen molar-refractivity contribution in [3.63, 3.8) is 0 Å². The van der Waals surface area contributed by atoms with Crippen LogP contribution in [-0.4, -0.2) is 25.3 Å². The van der Waals surface area contributed by atoms with E-state index in [2.05, 4.69) is 5.32 Å². The summed E-state index contributed by atoms with van der Waals surface area (Å²) in [6.45, 7) is 3.26. The number of hydrogen-bond donors (Lipinski definition) is 1. The molecule has 0 fully saturated rings.